The van der Waals surface area contributed by atoms with Gasteiger partial charge in [-0.1, -0.05) is 0 Å². The molecule has 8 nitrogen and oxygen atoms in total. The lowest BCUT2D eigenvalue weighted by atomic mass is 10.0. The van der Waals surface area contributed by atoms with Gasteiger partial charge in [0.25, 0.3) is 5.91 Å². The van der Waals surface area contributed by atoms with Crippen LogP contribution in [0.25, 0.3) is 5.65 Å². The second-order valence-corrected chi connectivity index (χ2v) is 6.63. The van der Waals surface area contributed by atoms with Gasteiger partial charge in [0, 0.05) is 11.8 Å². The number of carbonyl (C=O) groups excluding carboxylic acids is 1. The van der Waals surface area contributed by atoms with Gasteiger partial charge in [-0.05, 0) is 32.0 Å². The number of fused-ring (bicyclic) bond motifs is 2. The van der Waals surface area contributed by atoms with Crippen LogP contribution in [0, 0.1) is 17.1 Å². The molecule has 28 heavy (non-hydrogen) atoms. The summed E-state index contributed by atoms with van der Waals surface area (Å²) in [6.45, 7) is 3.78. The molecule has 1 aliphatic rings. The molecule has 0 saturated heterocycles. The molecular formula is C19H17FN6O2. The molecule has 4 rings (SSSR count). The Kier molecular flexibility index (Phi) is 4.31. The topological polar surface area (TPSA) is 104 Å². The van der Waals surface area contributed by atoms with Crippen LogP contribution in [0.4, 0.5) is 10.2 Å². The number of hydrogen-bond acceptors (Lipinski definition) is 6. The predicted octanol–water partition coefficient (Wildman–Crippen LogP) is 2.42. The average molecular weight is 380 g/mol. The van der Waals surface area contributed by atoms with Crippen LogP contribution < -0.4 is 15.4 Å². The minimum Gasteiger partial charge on any atom is -0.487 e. The number of halogens is 1. The first-order chi connectivity index (χ1) is 13.5. The first-order valence-electron chi connectivity index (χ1n) is 8.75. The molecule has 0 unspecified atom stereocenters. The number of aromatic nitrogens is 3. The van der Waals surface area contributed by atoms with Crippen molar-refractivity contribution in [3.8, 4) is 11.8 Å². The molecule has 1 amide bonds. The number of nitriles is 1. The molecule has 0 radical (unpaired) electrons. The highest BCUT2D eigenvalue weighted by Gasteiger charge is 2.22. The third-order valence-corrected chi connectivity index (χ3v) is 4.52. The first-order valence-corrected chi connectivity index (χ1v) is 8.75. The van der Waals surface area contributed by atoms with Gasteiger partial charge in [-0.25, -0.2) is 13.9 Å². The number of nitrogens with zero attached hydrogens (tertiary/aromatic N) is 4. The quantitative estimate of drug-likeness (QED) is 0.621. The summed E-state index contributed by atoms with van der Waals surface area (Å²) in [5.74, 6) is -0.0916. The van der Waals surface area contributed by atoms with Crippen molar-refractivity contribution < 1.29 is 13.9 Å². The van der Waals surface area contributed by atoms with Gasteiger partial charge in [-0.15, -0.1) is 0 Å². The lowest BCUT2D eigenvalue weighted by Gasteiger charge is -2.22. The third-order valence-electron chi connectivity index (χ3n) is 4.52. The molecule has 3 heterocycles. The Bertz CT molecular complexity index is 1120. The van der Waals surface area contributed by atoms with E-state index in [9.17, 15) is 14.4 Å². The smallest absolute Gasteiger partial charge is 0.256 e. The number of anilines is 1. The van der Waals surface area contributed by atoms with Crippen molar-refractivity contribution in [1.82, 2.24) is 19.9 Å². The average Bonchev–Trinajstić information content (AvgIpc) is 3.09. The van der Waals surface area contributed by atoms with Gasteiger partial charge in [-0.2, -0.15) is 10.4 Å². The van der Waals surface area contributed by atoms with E-state index >= 15 is 0 Å². The van der Waals surface area contributed by atoms with E-state index in [1.54, 1.807) is 19.2 Å². The molecule has 2 atom stereocenters. The van der Waals surface area contributed by atoms with Gasteiger partial charge in [0.2, 0.25) is 0 Å². The van der Waals surface area contributed by atoms with E-state index in [0.29, 0.717) is 22.6 Å². The second-order valence-electron chi connectivity index (χ2n) is 6.63. The van der Waals surface area contributed by atoms with Crippen LogP contribution in [-0.4, -0.2) is 33.2 Å². The Morgan fingerprint density at radius 2 is 2.21 bits per heavy atom. The number of carbonyl (C=O) groups is 1. The van der Waals surface area contributed by atoms with E-state index < -0.39 is 18.0 Å². The monoisotopic (exact) mass is 380 g/mol. The Hall–Kier alpha value is -3.67. The molecule has 1 aromatic carbocycles. The molecule has 1 aliphatic heterocycles. The molecule has 0 spiro atoms. The molecule has 3 aromatic rings. The highest BCUT2D eigenvalue weighted by molar-refractivity contribution is 5.99. The van der Waals surface area contributed by atoms with Crippen LogP contribution in [-0.2, 0) is 0 Å². The van der Waals surface area contributed by atoms with Crippen molar-refractivity contribution in [2.24, 2.45) is 0 Å². The SMILES string of the molecule is C[C@H]1CNC(=O)c2cnn3ccc(nc23)N[C@H](C)c2cc(F)cc(C#N)c2O1. The summed E-state index contributed by atoms with van der Waals surface area (Å²) in [4.78, 5) is 17.0. The van der Waals surface area contributed by atoms with Crippen molar-refractivity contribution in [3.63, 3.8) is 0 Å². The maximum atomic E-state index is 14.1. The zero-order valence-electron chi connectivity index (χ0n) is 15.2. The van der Waals surface area contributed by atoms with Crippen LogP contribution in [0.5, 0.6) is 5.75 Å². The van der Waals surface area contributed by atoms with Crippen molar-refractivity contribution in [2.75, 3.05) is 11.9 Å². The van der Waals surface area contributed by atoms with Gasteiger partial charge in [0.15, 0.2) is 5.65 Å². The Labute approximate surface area is 159 Å². The number of nitrogens with one attached hydrogen (secondary N) is 2. The van der Waals surface area contributed by atoms with Crippen molar-refractivity contribution in [1.29, 1.82) is 5.26 Å². The fourth-order valence-electron chi connectivity index (χ4n) is 3.13. The molecule has 0 aliphatic carbocycles. The maximum absolute atomic E-state index is 14.1. The maximum Gasteiger partial charge on any atom is 0.256 e. The minimum absolute atomic E-state index is 0.0942. The van der Waals surface area contributed by atoms with E-state index in [2.05, 4.69) is 20.7 Å². The second kappa shape index (κ2) is 6.81. The standard InChI is InChI=1S/C19H17FN6O2/c1-10-8-22-19(27)15-9-23-26-4-3-16(25-18(15)26)24-11(2)14-6-13(20)5-12(7-21)17(14)28-10/h3-6,9-11H,8H2,1-2H3,(H,22,27)(H,24,25)/t10-,11+/m0/s1. The van der Waals surface area contributed by atoms with Crippen LogP contribution in [0.2, 0.25) is 0 Å². The molecule has 142 valence electrons. The van der Waals surface area contributed by atoms with Crippen LogP contribution in [0.1, 0.15) is 41.4 Å². The number of amides is 1. The van der Waals surface area contributed by atoms with Gasteiger partial charge in [0.05, 0.1) is 24.3 Å². The molecule has 0 fully saturated rings. The van der Waals surface area contributed by atoms with Gasteiger partial charge in [0.1, 0.15) is 35.1 Å². The van der Waals surface area contributed by atoms with E-state index in [1.165, 1.54) is 16.8 Å². The van der Waals surface area contributed by atoms with E-state index in [0.717, 1.165) is 6.07 Å². The lowest BCUT2D eigenvalue weighted by molar-refractivity contribution is 0.0933. The van der Waals surface area contributed by atoms with Crippen LogP contribution >= 0.6 is 0 Å². The zero-order chi connectivity index (χ0) is 19.8. The largest absolute Gasteiger partial charge is 0.487 e. The molecule has 2 N–H and O–H groups in total. The number of ether oxygens (including phenoxy) is 1. The summed E-state index contributed by atoms with van der Waals surface area (Å²) >= 11 is 0. The molecule has 2 aromatic heterocycles. The normalized spacial score (nSPS) is 19.3. The zero-order valence-corrected chi connectivity index (χ0v) is 15.2. The van der Waals surface area contributed by atoms with Gasteiger partial charge in [-0.3, -0.25) is 4.79 Å². The van der Waals surface area contributed by atoms with Crippen molar-refractivity contribution in [2.45, 2.75) is 26.0 Å². The minimum atomic E-state index is -0.528. The van der Waals surface area contributed by atoms with E-state index in [4.69, 9.17) is 4.74 Å². The fourth-order valence-corrected chi connectivity index (χ4v) is 3.13. The van der Waals surface area contributed by atoms with Crippen molar-refractivity contribution in [3.05, 3.63) is 53.1 Å². The summed E-state index contributed by atoms with van der Waals surface area (Å²) in [7, 11) is 0. The predicted molar refractivity (Wildman–Crippen MR) is 98.6 cm³/mol. The number of hydrogen-bond donors (Lipinski definition) is 2. The first kappa shape index (κ1) is 17.7. The number of benzene rings is 1. The molecular weight excluding hydrogens is 363 g/mol. The summed E-state index contributed by atoms with van der Waals surface area (Å²) in [5.41, 5.74) is 1.32. The highest BCUT2D eigenvalue weighted by atomic mass is 19.1. The van der Waals surface area contributed by atoms with Crippen LogP contribution in [0.15, 0.2) is 30.6 Å². The molecule has 0 saturated carbocycles. The van der Waals surface area contributed by atoms with E-state index in [1.807, 2.05) is 13.0 Å². The Morgan fingerprint density at radius 1 is 1.39 bits per heavy atom. The van der Waals surface area contributed by atoms with Gasteiger partial charge < -0.3 is 15.4 Å². The summed E-state index contributed by atoms with van der Waals surface area (Å²) in [5, 5.41) is 19.5. The van der Waals surface area contributed by atoms with Gasteiger partial charge >= 0.3 is 0 Å². The lowest BCUT2D eigenvalue weighted by Crippen LogP contribution is -2.34. The Morgan fingerprint density at radius 3 is 3.00 bits per heavy atom. The highest BCUT2D eigenvalue weighted by Crippen LogP contribution is 2.33. The molecule has 9 heteroatoms. The summed E-state index contributed by atoms with van der Waals surface area (Å²) in [6.07, 6.45) is 2.68. The summed E-state index contributed by atoms with van der Waals surface area (Å²) < 4.78 is 21.5. The molecule has 2 bridgehead atoms. The Balaban J connectivity index is 1.86. The number of rotatable bonds is 0. The third kappa shape index (κ3) is 3.09. The fraction of sp³-hybridized carbons (Fsp3) is 0.263. The van der Waals surface area contributed by atoms with Crippen molar-refractivity contribution >= 4 is 17.4 Å². The van der Waals surface area contributed by atoms with Crippen LogP contribution in [0.3, 0.4) is 0 Å². The van der Waals surface area contributed by atoms with E-state index in [-0.39, 0.29) is 23.8 Å². The summed E-state index contributed by atoms with van der Waals surface area (Å²) in [6, 6.07) is 5.74.